The third kappa shape index (κ3) is 4.29. The molecule has 3 N–H and O–H groups in total. The second kappa shape index (κ2) is 8.08. The fraction of sp³-hybridized carbons (Fsp3) is 0.571. The van der Waals surface area contributed by atoms with E-state index in [9.17, 15) is 0 Å². The predicted octanol–water partition coefficient (Wildman–Crippen LogP) is 1.54. The summed E-state index contributed by atoms with van der Waals surface area (Å²) in [6, 6.07) is 8.32. The number of ether oxygens (including phenoxy) is 1. The Morgan fingerprint density at radius 3 is 2.44 bits per heavy atom. The van der Waals surface area contributed by atoms with Gasteiger partial charge in [-0.1, -0.05) is 19.1 Å². The van der Waals surface area contributed by atoms with Crippen LogP contribution in [0.5, 0.6) is 0 Å². The molecule has 0 radical (unpaired) electrons. The third-order valence-electron chi connectivity index (χ3n) is 3.06. The molecule has 0 bridgehead atoms. The summed E-state index contributed by atoms with van der Waals surface area (Å²) in [5.41, 5.74) is 8.23. The number of nitrogens with zero attached hydrogens (tertiary/aromatic N) is 1. The van der Waals surface area contributed by atoms with Crippen LogP contribution in [0.15, 0.2) is 24.3 Å². The van der Waals surface area contributed by atoms with Crippen molar-refractivity contribution in [2.45, 2.75) is 19.4 Å². The fourth-order valence-corrected chi connectivity index (χ4v) is 1.86. The van der Waals surface area contributed by atoms with Crippen molar-refractivity contribution in [2.75, 3.05) is 38.3 Å². The molecular formula is C14H24N2O2. The highest BCUT2D eigenvalue weighted by Crippen LogP contribution is 2.19. The predicted molar refractivity (Wildman–Crippen MR) is 74.8 cm³/mol. The van der Waals surface area contributed by atoms with Crippen LogP contribution in [0.1, 0.15) is 24.9 Å². The Hall–Kier alpha value is -1.10. The molecule has 0 aliphatic rings. The number of anilines is 1. The maximum absolute atomic E-state index is 9.08. The van der Waals surface area contributed by atoms with Crippen LogP contribution in [0.25, 0.3) is 0 Å². The van der Waals surface area contributed by atoms with Crippen molar-refractivity contribution in [3.8, 4) is 0 Å². The van der Waals surface area contributed by atoms with Crippen molar-refractivity contribution < 1.29 is 9.84 Å². The average molecular weight is 252 g/mol. The normalized spacial score (nSPS) is 12.4. The smallest absolute Gasteiger partial charge is 0.0637 e. The maximum Gasteiger partial charge on any atom is 0.0637 e. The first kappa shape index (κ1) is 15.0. The summed E-state index contributed by atoms with van der Waals surface area (Å²) in [5, 5.41) is 9.08. The van der Waals surface area contributed by atoms with Crippen LogP contribution in [0.4, 0.5) is 5.69 Å². The summed E-state index contributed by atoms with van der Waals surface area (Å²) in [7, 11) is 1.68. The number of benzene rings is 1. The minimum absolute atomic E-state index is 0.101. The SMILES string of the molecule is CC[C@H](N)c1ccc(N(CCO)CCOC)cc1. The van der Waals surface area contributed by atoms with E-state index in [-0.39, 0.29) is 12.6 Å². The molecule has 0 heterocycles. The third-order valence-corrected chi connectivity index (χ3v) is 3.06. The van der Waals surface area contributed by atoms with Gasteiger partial charge in [-0.3, -0.25) is 0 Å². The number of aliphatic hydroxyl groups is 1. The van der Waals surface area contributed by atoms with E-state index in [0.717, 1.165) is 24.2 Å². The molecule has 1 aromatic carbocycles. The zero-order chi connectivity index (χ0) is 13.4. The highest BCUT2D eigenvalue weighted by Gasteiger charge is 2.07. The molecule has 0 saturated heterocycles. The highest BCUT2D eigenvalue weighted by molar-refractivity contribution is 5.48. The summed E-state index contributed by atoms with van der Waals surface area (Å²) < 4.78 is 5.08. The second-order valence-corrected chi connectivity index (χ2v) is 4.31. The highest BCUT2D eigenvalue weighted by atomic mass is 16.5. The fourth-order valence-electron chi connectivity index (χ4n) is 1.86. The van der Waals surface area contributed by atoms with Gasteiger partial charge in [0.15, 0.2) is 0 Å². The molecule has 0 aliphatic carbocycles. The molecule has 0 fully saturated rings. The van der Waals surface area contributed by atoms with E-state index < -0.39 is 0 Å². The monoisotopic (exact) mass is 252 g/mol. The Labute approximate surface area is 109 Å². The van der Waals surface area contributed by atoms with Gasteiger partial charge in [0.2, 0.25) is 0 Å². The van der Waals surface area contributed by atoms with Crippen LogP contribution in [-0.4, -0.2) is 38.5 Å². The molecule has 0 spiro atoms. The Kier molecular flexibility index (Phi) is 6.72. The molecule has 4 heteroatoms. The summed E-state index contributed by atoms with van der Waals surface area (Å²) in [6.45, 7) is 4.25. The van der Waals surface area contributed by atoms with Gasteiger partial charge in [0.1, 0.15) is 0 Å². The van der Waals surface area contributed by atoms with E-state index >= 15 is 0 Å². The summed E-state index contributed by atoms with van der Waals surface area (Å²) in [6.07, 6.45) is 0.934. The lowest BCUT2D eigenvalue weighted by atomic mass is 10.1. The maximum atomic E-state index is 9.08. The Balaban J connectivity index is 2.73. The molecule has 0 aromatic heterocycles. The molecule has 0 saturated carbocycles. The lowest BCUT2D eigenvalue weighted by Gasteiger charge is -2.24. The zero-order valence-electron chi connectivity index (χ0n) is 11.3. The van der Waals surface area contributed by atoms with Crippen molar-refractivity contribution in [1.29, 1.82) is 0 Å². The molecule has 1 atom stereocenters. The van der Waals surface area contributed by atoms with E-state index in [1.165, 1.54) is 0 Å². The first-order chi connectivity index (χ1) is 8.72. The number of nitrogens with two attached hydrogens (primary N) is 1. The minimum atomic E-state index is 0.101. The molecule has 18 heavy (non-hydrogen) atoms. The molecular weight excluding hydrogens is 228 g/mol. The van der Waals surface area contributed by atoms with E-state index in [2.05, 4.69) is 36.1 Å². The standard InChI is InChI=1S/C14H24N2O2/c1-3-14(15)12-4-6-13(7-5-12)16(8-10-17)9-11-18-2/h4-7,14,17H,3,8-11,15H2,1-2H3/t14-/m0/s1. The van der Waals surface area contributed by atoms with Crippen molar-refractivity contribution in [1.82, 2.24) is 0 Å². The number of hydrogen-bond acceptors (Lipinski definition) is 4. The lowest BCUT2D eigenvalue weighted by molar-refractivity contribution is 0.203. The van der Waals surface area contributed by atoms with Crippen molar-refractivity contribution >= 4 is 5.69 Å². The Bertz CT molecular complexity index is 327. The van der Waals surface area contributed by atoms with Crippen LogP contribution in [0, 0.1) is 0 Å². The lowest BCUT2D eigenvalue weighted by Crippen LogP contribution is -2.30. The number of methoxy groups -OCH3 is 1. The zero-order valence-corrected chi connectivity index (χ0v) is 11.3. The average Bonchev–Trinajstić information content (AvgIpc) is 2.43. The Morgan fingerprint density at radius 1 is 1.28 bits per heavy atom. The first-order valence-electron chi connectivity index (χ1n) is 6.43. The van der Waals surface area contributed by atoms with Crippen LogP contribution >= 0.6 is 0 Å². The quantitative estimate of drug-likeness (QED) is 0.737. The van der Waals surface area contributed by atoms with E-state index in [1.807, 2.05) is 0 Å². The molecule has 102 valence electrons. The topological polar surface area (TPSA) is 58.7 Å². The van der Waals surface area contributed by atoms with Gasteiger partial charge in [-0.05, 0) is 24.1 Å². The van der Waals surface area contributed by atoms with Crippen LogP contribution < -0.4 is 10.6 Å². The van der Waals surface area contributed by atoms with E-state index in [4.69, 9.17) is 15.6 Å². The van der Waals surface area contributed by atoms with E-state index in [1.54, 1.807) is 7.11 Å². The van der Waals surface area contributed by atoms with Gasteiger partial charge in [0, 0.05) is 31.9 Å². The van der Waals surface area contributed by atoms with Gasteiger partial charge in [-0.25, -0.2) is 0 Å². The van der Waals surface area contributed by atoms with Gasteiger partial charge in [0.05, 0.1) is 13.2 Å². The van der Waals surface area contributed by atoms with Crippen molar-refractivity contribution in [2.24, 2.45) is 5.73 Å². The van der Waals surface area contributed by atoms with Gasteiger partial charge in [-0.15, -0.1) is 0 Å². The molecule has 1 rings (SSSR count). The van der Waals surface area contributed by atoms with Gasteiger partial charge in [-0.2, -0.15) is 0 Å². The number of hydrogen-bond donors (Lipinski definition) is 2. The van der Waals surface area contributed by atoms with Crippen molar-refractivity contribution in [3.63, 3.8) is 0 Å². The molecule has 0 unspecified atom stereocenters. The number of aliphatic hydroxyl groups excluding tert-OH is 1. The van der Waals surface area contributed by atoms with Crippen molar-refractivity contribution in [3.05, 3.63) is 29.8 Å². The largest absolute Gasteiger partial charge is 0.395 e. The van der Waals surface area contributed by atoms with Crippen LogP contribution in [0.3, 0.4) is 0 Å². The van der Waals surface area contributed by atoms with Crippen LogP contribution in [0.2, 0.25) is 0 Å². The van der Waals surface area contributed by atoms with Gasteiger partial charge >= 0.3 is 0 Å². The summed E-state index contributed by atoms with van der Waals surface area (Å²) in [5.74, 6) is 0. The first-order valence-corrected chi connectivity index (χ1v) is 6.43. The van der Waals surface area contributed by atoms with E-state index in [0.29, 0.717) is 13.2 Å². The molecule has 0 amide bonds. The Morgan fingerprint density at radius 2 is 1.94 bits per heavy atom. The summed E-state index contributed by atoms with van der Waals surface area (Å²) >= 11 is 0. The molecule has 0 aliphatic heterocycles. The molecule has 1 aromatic rings. The van der Waals surface area contributed by atoms with Gasteiger partial charge in [0.25, 0.3) is 0 Å². The minimum Gasteiger partial charge on any atom is -0.395 e. The van der Waals surface area contributed by atoms with Gasteiger partial charge < -0.3 is 20.5 Å². The second-order valence-electron chi connectivity index (χ2n) is 4.31. The molecule has 4 nitrogen and oxygen atoms in total. The summed E-state index contributed by atoms with van der Waals surface area (Å²) in [4.78, 5) is 2.10. The van der Waals surface area contributed by atoms with Crippen LogP contribution in [-0.2, 0) is 4.74 Å². The number of rotatable bonds is 8.